The van der Waals surface area contributed by atoms with Crippen LogP contribution in [0, 0.1) is 5.92 Å². The van der Waals surface area contributed by atoms with Gasteiger partial charge in [0.25, 0.3) is 0 Å². The van der Waals surface area contributed by atoms with Crippen molar-refractivity contribution in [3.8, 4) is 11.5 Å². The number of rotatable bonds is 7. The third-order valence-electron chi connectivity index (χ3n) is 6.28. The minimum absolute atomic E-state index is 0.0121. The molecule has 1 saturated heterocycles. The third kappa shape index (κ3) is 4.37. The van der Waals surface area contributed by atoms with E-state index < -0.39 is 21.2 Å². The largest absolute Gasteiger partial charge is 0.497 e. The van der Waals surface area contributed by atoms with E-state index in [1.165, 1.54) is 33.0 Å². The number of likely N-dealkylation sites (tertiary alicyclic amines) is 1. The summed E-state index contributed by atoms with van der Waals surface area (Å²) in [5, 5.41) is -0.636. The van der Waals surface area contributed by atoms with Gasteiger partial charge in [-0.05, 0) is 70.0 Å². The van der Waals surface area contributed by atoms with Crippen molar-refractivity contribution < 1.29 is 22.6 Å². The van der Waals surface area contributed by atoms with Gasteiger partial charge in [-0.3, -0.25) is 0 Å². The van der Waals surface area contributed by atoms with Gasteiger partial charge in [-0.2, -0.15) is 0 Å². The highest BCUT2D eigenvalue weighted by Crippen LogP contribution is 2.40. The SMILES string of the molecule is COc1ccc2c(c1)S(=O)(=O)[C@@H](C)[C@H](C1C=CC(OCCCN3CCCC3)=CC1)O2. The van der Waals surface area contributed by atoms with E-state index in [2.05, 4.69) is 4.90 Å². The minimum Gasteiger partial charge on any atom is -0.497 e. The van der Waals surface area contributed by atoms with E-state index in [-0.39, 0.29) is 10.8 Å². The quantitative estimate of drug-likeness (QED) is 0.613. The van der Waals surface area contributed by atoms with Crippen LogP contribution in [-0.4, -0.2) is 58.0 Å². The van der Waals surface area contributed by atoms with Gasteiger partial charge in [-0.25, -0.2) is 8.42 Å². The fourth-order valence-corrected chi connectivity index (χ4v) is 6.13. The summed E-state index contributed by atoms with van der Waals surface area (Å²) < 4.78 is 43.4. The van der Waals surface area contributed by atoms with E-state index in [1.807, 2.05) is 18.2 Å². The molecule has 0 spiro atoms. The van der Waals surface area contributed by atoms with Gasteiger partial charge in [0.05, 0.1) is 13.7 Å². The Kier molecular flexibility index (Phi) is 6.39. The highest BCUT2D eigenvalue weighted by atomic mass is 32.2. The Morgan fingerprint density at radius 2 is 2.03 bits per heavy atom. The Hall–Kier alpha value is -1.99. The molecule has 0 aromatic heterocycles. The second-order valence-corrected chi connectivity index (χ2v) is 10.5. The van der Waals surface area contributed by atoms with Gasteiger partial charge >= 0.3 is 0 Å². The number of sulfone groups is 1. The lowest BCUT2D eigenvalue weighted by Crippen LogP contribution is -2.44. The van der Waals surface area contributed by atoms with Crippen molar-refractivity contribution in [3.63, 3.8) is 0 Å². The summed E-state index contributed by atoms with van der Waals surface area (Å²) in [4.78, 5) is 2.70. The predicted molar refractivity (Wildman–Crippen MR) is 116 cm³/mol. The molecule has 1 aromatic carbocycles. The lowest BCUT2D eigenvalue weighted by Gasteiger charge is -2.35. The Labute approximate surface area is 179 Å². The maximum atomic E-state index is 13.1. The van der Waals surface area contributed by atoms with Gasteiger partial charge in [0.1, 0.15) is 33.5 Å². The van der Waals surface area contributed by atoms with Crippen LogP contribution in [0.5, 0.6) is 11.5 Å². The fraction of sp³-hybridized carbons (Fsp3) is 0.565. The smallest absolute Gasteiger partial charge is 0.188 e. The summed E-state index contributed by atoms with van der Waals surface area (Å²) in [6, 6.07) is 4.95. The molecule has 4 rings (SSSR count). The number of allylic oxidation sites excluding steroid dienone is 2. The van der Waals surface area contributed by atoms with Crippen molar-refractivity contribution in [3.05, 3.63) is 42.2 Å². The molecule has 7 heteroatoms. The van der Waals surface area contributed by atoms with Gasteiger partial charge in [0.15, 0.2) is 9.84 Å². The molecule has 3 atom stereocenters. The maximum absolute atomic E-state index is 13.1. The highest BCUT2D eigenvalue weighted by molar-refractivity contribution is 7.92. The van der Waals surface area contributed by atoms with Gasteiger partial charge in [0, 0.05) is 18.5 Å². The topological polar surface area (TPSA) is 65.1 Å². The molecular formula is C23H31NO5S. The van der Waals surface area contributed by atoms with Crippen LogP contribution in [-0.2, 0) is 14.6 Å². The average molecular weight is 434 g/mol. The van der Waals surface area contributed by atoms with Gasteiger partial charge in [-0.1, -0.05) is 6.08 Å². The molecule has 30 heavy (non-hydrogen) atoms. The fourth-order valence-electron chi connectivity index (χ4n) is 4.44. The minimum atomic E-state index is -3.49. The summed E-state index contributed by atoms with van der Waals surface area (Å²) >= 11 is 0. The molecule has 1 fully saturated rings. The molecule has 164 valence electrons. The summed E-state index contributed by atoms with van der Waals surface area (Å²) in [6.45, 7) is 5.95. The molecule has 0 amide bonds. The molecule has 0 bridgehead atoms. The maximum Gasteiger partial charge on any atom is 0.188 e. The van der Waals surface area contributed by atoms with Crippen LogP contribution in [0.3, 0.4) is 0 Å². The van der Waals surface area contributed by atoms with Crippen molar-refractivity contribution in [1.82, 2.24) is 4.90 Å². The van der Waals surface area contributed by atoms with Crippen LogP contribution in [0.2, 0.25) is 0 Å². The van der Waals surface area contributed by atoms with E-state index in [1.54, 1.807) is 25.1 Å². The van der Waals surface area contributed by atoms with Crippen molar-refractivity contribution in [2.75, 3.05) is 33.4 Å². The molecule has 0 N–H and O–H groups in total. The van der Waals surface area contributed by atoms with Gasteiger partial charge in [-0.15, -0.1) is 0 Å². The van der Waals surface area contributed by atoms with Crippen LogP contribution < -0.4 is 9.47 Å². The average Bonchev–Trinajstić information content (AvgIpc) is 3.28. The Bertz CT molecular complexity index is 918. The highest BCUT2D eigenvalue weighted by Gasteiger charge is 2.43. The molecular weight excluding hydrogens is 402 g/mol. The summed E-state index contributed by atoms with van der Waals surface area (Å²) in [5.41, 5.74) is 0. The number of methoxy groups -OCH3 is 1. The molecule has 0 saturated carbocycles. The first kappa shape index (κ1) is 21.2. The van der Waals surface area contributed by atoms with Crippen LogP contribution in [0.4, 0.5) is 0 Å². The van der Waals surface area contributed by atoms with Crippen molar-refractivity contribution in [2.45, 2.75) is 48.9 Å². The summed E-state index contributed by atoms with van der Waals surface area (Å²) in [6.07, 6.45) is 9.95. The number of nitrogens with zero attached hydrogens (tertiary/aromatic N) is 1. The molecule has 1 aromatic rings. The number of hydrogen-bond donors (Lipinski definition) is 0. The first-order valence-corrected chi connectivity index (χ1v) is 12.4. The third-order valence-corrected chi connectivity index (χ3v) is 8.46. The first-order chi connectivity index (χ1) is 14.5. The van der Waals surface area contributed by atoms with Crippen LogP contribution in [0.25, 0.3) is 0 Å². The number of benzene rings is 1. The van der Waals surface area contributed by atoms with E-state index in [4.69, 9.17) is 14.2 Å². The first-order valence-electron chi connectivity index (χ1n) is 10.8. The zero-order chi connectivity index (χ0) is 21.1. The molecule has 2 heterocycles. The Morgan fingerprint density at radius 1 is 1.23 bits per heavy atom. The van der Waals surface area contributed by atoms with Crippen LogP contribution in [0.15, 0.2) is 47.1 Å². The second-order valence-electron chi connectivity index (χ2n) is 8.26. The Morgan fingerprint density at radius 3 is 2.73 bits per heavy atom. The number of fused-ring (bicyclic) bond motifs is 1. The van der Waals surface area contributed by atoms with Crippen molar-refractivity contribution >= 4 is 9.84 Å². The molecule has 2 aliphatic heterocycles. The normalized spacial score (nSPS) is 27.8. The van der Waals surface area contributed by atoms with E-state index in [0.29, 0.717) is 24.5 Å². The zero-order valence-corrected chi connectivity index (χ0v) is 18.6. The van der Waals surface area contributed by atoms with Crippen LogP contribution in [0.1, 0.15) is 32.6 Å². The molecule has 3 aliphatic rings. The second kappa shape index (κ2) is 9.02. The molecule has 0 radical (unpaired) electrons. The molecule has 6 nitrogen and oxygen atoms in total. The number of ether oxygens (including phenoxy) is 3. The van der Waals surface area contributed by atoms with Crippen molar-refractivity contribution in [2.24, 2.45) is 5.92 Å². The number of hydrogen-bond acceptors (Lipinski definition) is 6. The van der Waals surface area contributed by atoms with E-state index in [9.17, 15) is 8.42 Å². The van der Waals surface area contributed by atoms with Crippen molar-refractivity contribution in [1.29, 1.82) is 0 Å². The monoisotopic (exact) mass is 433 g/mol. The lowest BCUT2D eigenvalue weighted by molar-refractivity contribution is 0.139. The zero-order valence-electron chi connectivity index (χ0n) is 17.7. The van der Waals surface area contributed by atoms with Gasteiger partial charge in [0.2, 0.25) is 0 Å². The summed E-state index contributed by atoms with van der Waals surface area (Å²) in [5.74, 6) is 1.77. The molecule has 1 aliphatic carbocycles. The van der Waals surface area contributed by atoms with Gasteiger partial charge < -0.3 is 19.1 Å². The van der Waals surface area contributed by atoms with E-state index in [0.717, 1.165) is 18.7 Å². The Balaban J connectivity index is 1.35. The summed E-state index contributed by atoms with van der Waals surface area (Å²) in [7, 11) is -1.96. The standard InChI is InChI=1S/C23H31NO5S/c1-17-23(29-21-11-10-20(27-2)16-22(21)30(17,25)26)18-6-8-19(9-7-18)28-15-5-14-24-12-3-4-13-24/h6,8-11,16-18,23H,3-5,7,12-15H2,1-2H3/t17-,18?,23+/m0/s1. The predicted octanol–water partition coefficient (Wildman–Crippen LogP) is 3.58. The van der Waals surface area contributed by atoms with Crippen LogP contribution >= 0.6 is 0 Å². The van der Waals surface area contributed by atoms with E-state index >= 15 is 0 Å². The molecule has 1 unspecified atom stereocenters. The lowest BCUT2D eigenvalue weighted by atomic mass is 9.92.